The summed E-state index contributed by atoms with van der Waals surface area (Å²) in [6.07, 6.45) is -5.58. The molecule has 2 nitrogen and oxygen atoms in total. The van der Waals surface area contributed by atoms with Crippen molar-refractivity contribution in [3.05, 3.63) is 30.3 Å². The Labute approximate surface area is 91.4 Å². The minimum absolute atomic E-state index is 0.168. The second-order valence-corrected chi connectivity index (χ2v) is 3.54. The van der Waals surface area contributed by atoms with Crippen LogP contribution >= 0.6 is 0 Å². The first-order chi connectivity index (χ1) is 7.59. The molecular formula is C10H10BF3O2. The van der Waals surface area contributed by atoms with Gasteiger partial charge in [-0.2, -0.15) is 13.2 Å². The molecule has 1 aliphatic heterocycles. The lowest BCUT2D eigenvalue weighted by molar-refractivity contribution is -0.0708. The number of hydrogen-bond donors (Lipinski definition) is 0. The van der Waals surface area contributed by atoms with Crippen molar-refractivity contribution < 1.29 is 22.6 Å². The van der Waals surface area contributed by atoms with Crippen molar-refractivity contribution >= 4 is 12.2 Å². The Balaban J connectivity index is 2.28. The standard InChI is InChI=1S/C10H10BF3O2/c12-10(13,14)11(9-15-6-7-16-9)8-4-2-1-3-5-8/h1-5,9H,6-7H2. The SMILES string of the molecule is FC(F)(F)B(c1ccccc1)C1OCCO1. The van der Waals surface area contributed by atoms with Gasteiger partial charge in [0.25, 0.3) is 0 Å². The molecule has 0 bridgehead atoms. The fourth-order valence-corrected chi connectivity index (χ4v) is 1.73. The lowest BCUT2D eigenvalue weighted by Gasteiger charge is -2.21. The Hall–Kier alpha value is -1.01. The van der Waals surface area contributed by atoms with Crippen LogP contribution in [0.5, 0.6) is 0 Å². The molecule has 2 rings (SSSR count). The summed E-state index contributed by atoms with van der Waals surface area (Å²) in [6, 6.07) is 7.69. The Kier molecular flexibility index (Phi) is 3.21. The van der Waals surface area contributed by atoms with E-state index < -0.39 is 19.0 Å². The summed E-state index contributed by atoms with van der Waals surface area (Å²) in [6.45, 7) is -1.29. The largest absolute Gasteiger partial charge is 0.371 e. The van der Waals surface area contributed by atoms with Gasteiger partial charge in [0.15, 0.2) is 0 Å². The first kappa shape index (κ1) is 11.5. The summed E-state index contributed by atoms with van der Waals surface area (Å²) in [7, 11) is 0. The van der Waals surface area contributed by atoms with Gasteiger partial charge in [0, 0.05) is 0 Å². The van der Waals surface area contributed by atoms with E-state index in [0.29, 0.717) is 0 Å². The Bertz CT molecular complexity index is 336. The van der Waals surface area contributed by atoms with Gasteiger partial charge < -0.3 is 9.47 Å². The molecule has 1 aromatic rings. The van der Waals surface area contributed by atoms with Crippen molar-refractivity contribution in [3.8, 4) is 0 Å². The maximum Gasteiger partial charge on any atom is 0.371 e. The normalized spacial score (nSPS) is 17.7. The summed E-state index contributed by atoms with van der Waals surface area (Å²) in [5, 5.41) is 0. The lowest BCUT2D eigenvalue weighted by Crippen LogP contribution is -2.54. The molecule has 0 radical (unpaired) electrons. The van der Waals surface area contributed by atoms with E-state index in [4.69, 9.17) is 9.47 Å². The van der Waals surface area contributed by atoms with E-state index in [1.54, 1.807) is 18.2 Å². The minimum atomic E-state index is -4.36. The van der Waals surface area contributed by atoms with Crippen LogP contribution in [0.1, 0.15) is 0 Å². The molecule has 16 heavy (non-hydrogen) atoms. The number of ether oxygens (including phenoxy) is 2. The molecule has 0 aromatic heterocycles. The van der Waals surface area contributed by atoms with Crippen molar-refractivity contribution in [2.75, 3.05) is 13.2 Å². The highest BCUT2D eigenvalue weighted by atomic mass is 19.4. The van der Waals surface area contributed by atoms with Gasteiger partial charge in [0.2, 0.25) is 0 Å². The van der Waals surface area contributed by atoms with Crippen LogP contribution < -0.4 is 5.46 Å². The molecule has 1 aromatic carbocycles. The van der Waals surface area contributed by atoms with Crippen LogP contribution in [-0.4, -0.2) is 32.2 Å². The summed E-state index contributed by atoms with van der Waals surface area (Å²) >= 11 is 0. The predicted octanol–water partition coefficient (Wildman–Crippen LogP) is 1.40. The molecule has 86 valence electrons. The zero-order chi connectivity index (χ0) is 11.6. The molecular weight excluding hydrogens is 220 g/mol. The highest BCUT2D eigenvalue weighted by molar-refractivity contribution is 6.75. The molecule has 0 saturated carbocycles. The van der Waals surface area contributed by atoms with E-state index >= 15 is 0 Å². The molecule has 6 heteroatoms. The molecule has 0 unspecified atom stereocenters. The third-order valence-electron chi connectivity index (χ3n) is 2.43. The lowest BCUT2D eigenvalue weighted by atomic mass is 9.43. The van der Waals surface area contributed by atoms with Crippen molar-refractivity contribution in [1.29, 1.82) is 0 Å². The fraction of sp³-hybridized carbons (Fsp3) is 0.400. The highest BCUT2D eigenvalue weighted by Crippen LogP contribution is 2.24. The van der Waals surface area contributed by atoms with E-state index in [1.807, 2.05) is 0 Å². The molecule has 1 saturated heterocycles. The molecule has 1 heterocycles. The average molecular weight is 230 g/mol. The summed E-state index contributed by atoms with van der Waals surface area (Å²) in [4.78, 5) is 0. The number of hydrogen-bond acceptors (Lipinski definition) is 2. The maximum absolute atomic E-state index is 12.9. The van der Waals surface area contributed by atoms with Crippen LogP contribution in [0.25, 0.3) is 0 Å². The van der Waals surface area contributed by atoms with Crippen LogP contribution in [0.4, 0.5) is 13.2 Å². The van der Waals surface area contributed by atoms with Gasteiger partial charge in [-0.1, -0.05) is 35.8 Å². The van der Waals surface area contributed by atoms with Gasteiger partial charge in [0.05, 0.1) is 13.2 Å². The molecule has 0 atom stereocenters. The van der Waals surface area contributed by atoms with Crippen molar-refractivity contribution in [2.45, 2.75) is 12.3 Å². The van der Waals surface area contributed by atoms with Gasteiger partial charge in [-0.25, -0.2) is 0 Å². The van der Waals surface area contributed by atoms with Gasteiger partial charge >= 0.3 is 12.8 Å². The summed E-state index contributed by atoms with van der Waals surface area (Å²) in [5.74, 6) is 0. The van der Waals surface area contributed by atoms with Crippen LogP contribution in [0.3, 0.4) is 0 Å². The van der Waals surface area contributed by atoms with Crippen molar-refractivity contribution in [1.82, 2.24) is 0 Å². The molecule has 0 N–H and O–H groups in total. The van der Waals surface area contributed by atoms with Crippen molar-refractivity contribution in [2.24, 2.45) is 0 Å². The van der Waals surface area contributed by atoms with E-state index in [2.05, 4.69) is 0 Å². The maximum atomic E-state index is 12.9. The van der Waals surface area contributed by atoms with Gasteiger partial charge in [-0.3, -0.25) is 0 Å². The molecule has 0 amide bonds. The molecule has 1 fully saturated rings. The molecule has 0 spiro atoms. The third-order valence-corrected chi connectivity index (χ3v) is 2.43. The number of alkyl halides is 3. The topological polar surface area (TPSA) is 18.5 Å². The third kappa shape index (κ3) is 2.39. The Morgan fingerprint density at radius 2 is 1.62 bits per heavy atom. The zero-order valence-electron chi connectivity index (χ0n) is 8.41. The molecule has 1 aliphatic rings. The first-order valence-electron chi connectivity index (χ1n) is 4.94. The van der Waals surface area contributed by atoms with Crippen LogP contribution in [0.15, 0.2) is 30.3 Å². The predicted molar refractivity (Wildman–Crippen MR) is 53.6 cm³/mol. The quantitative estimate of drug-likeness (QED) is 0.715. The Morgan fingerprint density at radius 3 is 2.12 bits per heavy atom. The number of benzene rings is 1. The van der Waals surface area contributed by atoms with Crippen molar-refractivity contribution in [3.63, 3.8) is 0 Å². The molecule has 0 aliphatic carbocycles. The summed E-state index contributed by atoms with van der Waals surface area (Å²) in [5.41, 5.74) is 0.168. The van der Waals surface area contributed by atoms with E-state index in [0.717, 1.165) is 0 Å². The summed E-state index contributed by atoms with van der Waals surface area (Å²) < 4.78 is 48.6. The van der Waals surface area contributed by atoms with E-state index in [9.17, 15) is 13.2 Å². The van der Waals surface area contributed by atoms with Crippen LogP contribution in [0.2, 0.25) is 0 Å². The number of rotatable bonds is 2. The highest BCUT2D eigenvalue weighted by Gasteiger charge is 2.52. The van der Waals surface area contributed by atoms with E-state index in [-0.39, 0.29) is 18.7 Å². The van der Waals surface area contributed by atoms with Gasteiger partial charge in [-0.15, -0.1) is 0 Å². The minimum Gasteiger partial charge on any atom is -0.357 e. The van der Waals surface area contributed by atoms with Gasteiger partial charge in [0.1, 0.15) is 6.19 Å². The van der Waals surface area contributed by atoms with Gasteiger partial charge in [-0.05, 0) is 0 Å². The van der Waals surface area contributed by atoms with Crippen LogP contribution in [0, 0.1) is 0 Å². The zero-order valence-corrected chi connectivity index (χ0v) is 8.41. The smallest absolute Gasteiger partial charge is 0.357 e. The second-order valence-electron chi connectivity index (χ2n) is 3.54. The average Bonchev–Trinajstić information content (AvgIpc) is 2.71. The van der Waals surface area contributed by atoms with E-state index in [1.165, 1.54) is 12.1 Å². The van der Waals surface area contributed by atoms with Crippen LogP contribution in [-0.2, 0) is 9.47 Å². The second kappa shape index (κ2) is 4.47. The monoisotopic (exact) mass is 230 g/mol. The first-order valence-corrected chi connectivity index (χ1v) is 4.94. The number of halogens is 3. The Morgan fingerprint density at radius 1 is 1.06 bits per heavy atom. The fourth-order valence-electron chi connectivity index (χ4n) is 1.73.